The van der Waals surface area contributed by atoms with Crippen molar-refractivity contribution in [3.63, 3.8) is 0 Å². The minimum atomic E-state index is -0.121. The summed E-state index contributed by atoms with van der Waals surface area (Å²) in [6.07, 6.45) is 2.35. The van der Waals surface area contributed by atoms with E-state index in [0.29, 0.717) is 12.3 Å². The summed E-state index contributed by atoms with van der Waals surface area (Å²) in [5.74, 6) is 0.276. The van der Waals surface area contributed by atoms with Crippen molar-refractivity contribution in [3.8, 4) is 0 Å². The number of carbonyl (C=O) groups is 2. The standard InChI is InChI=1S/C9H16N2O2/c1-6(2)5-8(12)10-11-9(13)7-3-4-7/h6-7H,3-5H2,1-2H3,(H,10,12)(H,11,13). The molecule has 2 N–H and O–H groups in total. The summed E-state index contributed by atoms with van der Waals surface area (Å²) in [4.78, 5) is 22.1. The molecule has 1 fully saturated rings. The Morgan fingerprint density at radius 2 is 1.92 bits per heavy atom. The van der Waals surface area contributed by atoms with Crippen molar-refractivity contribution in [1.29, 1.82) is 0 Å². The molecule has 1 rings (SSSR count). The fourth-order valence-corrected chi connectivity index (χ4v) is 1.00. The lowest BCUT2D eigenvalue weighted by molar-refractivity contribution is -0.129. The van der Waals surface area contributed by atoms with Gasteiger partial charge in [0.15, 0.2) is 0 Å². The Morgan fingerprint density at radius 1 is 1.31 bits per heavy atom. The van der Waals surface area contributed by atoms with Gasteiger partial charge in [0, 0.05) is 12.3 Å². The molecular formula is C9H16N2O2. The van der Waals surface area contributed by atoms with Crippen LogP contribution in [0.4, 0.5) is 0 Å². The first-order valence-electron chi connectivity index (χ1n) is 4.68. The van der Waals surface area contributed by atoms with Gasteiger partial charge in [-0.25, -0.2) is 0 Å². The molecule has 2 amide bonds. The third kappa shape index (κ3) is 3.92. The van der Waals surface area contributed by atoms with E-state index in [1.165, 1.54) is 0 Å². The summed E-state index contributed by atoms with van der Waals surface area (Å²) in [7, 11) is 0. The minimum absolute atomic E-state index is 0.0582. The number of nitrogens with one attached hydrogen (secondary N) is 2. The van der Waals surface area contributed by atoms with E-state index < -0.39 is 0 Å². The number of hydrogen-bond acceptors (Lipinski definition) is 2. The minimum Gasteiger partial charge on any atom is -0.273 e. The van der Waals surface area contributed by atoms with E-state index >= 15 is 0 Å². The Morgan fingerprint density at radius 3 is 2.38 bits per heavy atom. The Labute approximate surface area is 78.0 Å². The van der Waals surface area contributed by atoms with Crippen LogP contribution in [-0.2, 0) is 9.59 Å². The average molecular weight is 184 g/mol. The van der Waals surface area contributed by atoms with Crippen LogP contribution in [0.2, 0.25) is 0 Å². The highest BCUT2D eigenvalue weighted by Crippen LogP contribution is 2.28. The first kappa shape index (κ1) is 10.0. The molecule has 0 atom stereocenters. The highest BCUT2D eigenvalue weighted by atomic mass is 16.2. The normalized spacial score (nSPS) is 15.6. The maximum absolute atomic E-state index is 11.1. The van der Waals surface area contributed by atoms with Crippen LogP contribution in [-0.4, -0.2) is 11.8 Å². The van der Waals surface area contributed by atoms with E-state index in [-0.39, 0.29) is 17.7 Å². The highest BCUT2D eigenvalue weighted by Gasteiger charge is 2.29. The lowest BCUT2D eigenvalue weighted by atomic mass is 10.1. The molecule has 0 spiro atoms. The van der Waals surface area contributed by atoms with Gasteiger partial charge in [-0.05, 0) is 18.8 Å². The van der Waals surface area contributed by atoms with Crippen LogP contribution in [0.15, 0.2) is 0 Å². The monoisotopic (exact) mass is 184 g/mol. The molecule has 0 aliphatic heterocycles. The van der Waals surface area contributed by atoms with Crippen molar-refractivity contribution in [2.24, 2.45) is 11.8 Å². The SMILES string of the molecule is CC(C)CC(=O)NNC(=O)C1CC1. The molecule has 74 valence electrons. The summed E-state index contributed by atoms with van der Waals surface area (Å²) in [5, 5.41) is 0. The molecule has 0 heterocycles. The molecule has 4 heteroatoms. The molecule has 0 unspecified atom stereocenters. The Balaban J connectivity index is 2.10. The zero-order chi connectivity index (χ0) is 9.84. The van der Waals surface area contributed by atoms with Crippen LogP contribution >= 0.6 is 0 Å². The number of hydrogen-bond donors (Lipinski definition) is 2. The maximum atomic E-state index is 11.1. The Kier molecular flexibility index (Phi) is 3.28. The van der Waals surface area contributed by atoms with Crippen LogP contribution in [0.1, 0.15) is 33.1 Å². The van der Waals surface area contributed by atoms with Gasteiger partial charge in [0.05, 0.1) is 0 Å². The van der Waals surface area contributed by atoms with E-state index in [2.05, 4.69) is 10.9 Å². The van der Waals surface area contributed by atoms with Gasteiger partial charge in [-0.3, -0.25) is 20.4 Å². The largest absolute Gasteiger partial charge is 0.273 e. The third-order valence-corrected chi connectivity index (χ3v) is 1.87. The number of amides is 2. The van der Waals surface area contributed by atoms with Crippen molar-refractivity contribution in [3.05, 3.63) is 0 Å². The van der Waals surface area contributed by atoms with Crippen LogP contribution in [0.3, 0.4) is 0 Å². The molecule has 1 aliphatic rings. The second-order valence-corrected chi connectivity index (χ2v) is 3.91. The third-order valence-electron chi connectivity index (χ3n) is 1.87. The molecule has 4 nitrogen and oxygen atoms in total. The number of hydrazine groups is 1. The van der Waals surface area contributed by atoms with Crippen LogP contribution < -0.4 is 10.9 Å². The molecular weight excluding hydrogens is 168 g/mol. The number of carbonyl (C=O) groups excluding carboxylic acids is 2. The first-order chi connectivity index (χ1) is 6.09. The van der Waals surface area contributed by atoms with Crippen molar-refractivity contribution >= 4 is 11.8 Å². The predicted molar refractivity (Wildman–Crippen MR) is 48.5 cm³/mol. The second-order valence-electron chi connectivity index (χ2n) is 3.91. The first-order valence-corrected chi connectivity index (χ1v) is 4.68. The van der Waals surface area contributed by atoms with Crippen molar-refractivity contribution in [2.75, 3.05) is 0 Å². The lowest BCUT2D eigenvalue weighted by Gasteiger charge is -2.07. The van der Waals surface area contributed by atoms with Gasteiger partial charge in [0.2, 0.25) is 11.8 Å². The predicted octanol–water partition coefficient (Wildman–Crippen LogP) is 0.590. The molecule has 1 aliphatic carbocycles. The zero-order valence-electron chi connectivity index (χ0n) is 8.09. The zero-order valence-corrected chi connectivity index (χ0v) is 8.09. The van der Waals surface area contributed by atoms with Crippen molar-refractivity contribution in [1.82, 2.24) is 10.9 Å². The maximum Gasteiger partial charge on any atom is 0.241 e. The summed E-state index contributed by atoms with van der Waals surface area (Å²) in [5.41, 5.74) is 4.81. The van der Waals surface area contributed by atoms with Gasteiger partial charge in [0.25, 0.3) is 0 Å². The van der Waals surface area contributed by atoms with E-state index in [4.69, 9.17) is 0 Å². The molecule has 1 saturated carbocycles. The lowest BCUT2D eigenvalue weighted by Crippen LogP contribution is -2.42. The molecule has 0 aromatic carbocycles. The topological polar surface area (TPSA) is 58.2 Å². The van der Waals surface area contributed by atoms with Crippen molar-refractivity contribution < 1.29 is 9.59 Å². The average Bonchev–Trinajstić information content (AvgIpc) is 2.80. The molecule has 0 aromatic heterocycles. The molecule has 0 saturated heterocycles. The highest BCUT2D eigenvalue weighted by molar-refractivity contribution is 5.84. The quantitative estimate of drug-likeness (QED) is 0.631. The van der Waals surface area contributed by atoms with Crippen molar-refractivity contribution in [2.45, 2.75) is 33.1 Å². The molecule has 13 heavy (non-hydrogen) atoms. The Bertz CT molecular complexity index is 210. The fraction of sp³-hybridized carbons (Fsp3) is 0.778. The van der Waals surface area contributed by atoms with Gasteiger partial charge < -0.3 is 0 Å². The number of rotatable bonds is 3. The van der Waals surface area contributed by atoms with E-state index in [1.807, 2.05) is 13.8 Å². The Hall–Kier alpha value is -1.06. The van der Waals surface area contributed by atoms with Gasteiger partial charge in [-0.1, -0.05) is 13.8 Å². The smallest absolute Gasteiger partial charge is 0.241 e. The summed E-state index contributed by atoms with van der Waals surface area (Å²) >= 11 is 0. The second kappa shape index (κ2) is 4.25. The van der Waals surface area contributed by atoms with Crippen LogP contribution in [0, 0.1) is 11.8 Å². The fourth-order valence-electron chi connectivity index (χ4n) is 1.00. The summed E-state index contributed by atoms with van der Waals surface area (Å²) < 4.78 is 0. The van der Waals surface area contributed by atoms with Crippen LogP contribution in [0.25, 0.3) is 0 Å². The van der Waals surface area contributed by atoms with E-state index in [1.54, 1.807) is 0 Å². The summed E-state index contributed by atoms with van der Waals surface area (Å²) in [6.45, 7) is 3.92. The van der Waals surface area contributed by atoms with E-state index in [0.717, 1.165) is 12.8 Å². The molecule has 0 aromatic rings. The molecule has 0 bridgehead atoms. The van der Waals surface area contributed by atoms with Gasteiger partial charge in [-0.15, -0.1) is 0 Å². The molecule has 0 radical (unpaired) electrons. The summed E-state index contributed by atoms with van der Waals surface area (Å²) in [6, 6.07) is 0. The van der Waals surface area contributed by atoms with Gasteiger partial charge in [-0.2, -0.15) is 0 Å². The van der Waals surface area contributed by atoms with Gasteiger partial charge in [0.1, 0.15) is 0 Å². The van der Waals surface area contributed by atoms with Crippen LogP contribution in [0.5, 0.6) is 0 Å². The van der Waals surface area contributed by atoms with Gasteiger partial charge >= 0.3 is 0 Å². The van der Waals surface area contributed by atoms with E-state index in [9.17, 15) is 9.59 Å².